The van der Waals surface area contributed by atoms with E-state index in [2.05, 4.69) is 9.88 Å². The molecule has 1 aromatic heterocycles. The number of rotatable bonds is 5. The van der Waals surface area contributed by atoms with E-state index in [1.165, 1.54) is 6.07 Å². The molecule has 1 aliphatic heterocycles. The smallest absolute Gasteiger partial charge is 0.326 e. The van der Waals surface area contributed by atoms with Gasteiger partial charge >= 0.3 is 5.69 Å². The average Bonchev–Trinajstić information content (AvgIpc) is 3.04. The number of β-amino-alcohol motifs (C(OH)–C–C–N with tert-alkyl or cyclic N) is 1. The first-order chi connectivity index (χ1) is 13.6. The fraction of sp³-hybridized carbons (Fsp3) is 0.381. The average molecular weight is 383 g/mol. The van der Waals surface area contributed by atoms with Crippen LogP contribution in [0.5, 0.6) is 5.75 Å². The molecule has 0 amide bonds. The molecule has 0 aliphatic carbocycles. The lowest BCUT2D eigenvalue weighted by atomic mass is 10.0. The Bertz CT molecular complexity index is 1020. The van der Waals surface area contributed by atoms with Crippen molar-refractivity contribution in [3.63, 3.8) is 0 Å². The van der Waals surface area contributed by atoms with Gasteiger partial charge in [0, 0.05) is 31.2 Å². The number of aliphatic hydroxyl groups is 2. The van der Waals surface area contributed by atoms with E-state index in [1.54, 1.807) is 12.1 Å². The van der Waals surface area contributed by atoms with Crippen molar-refractivity contribution in [3.05, 3.63) is 64.1 Å². The van der Waals surface area contributed by atoms with E-state index in [4.69, 9.17) is 0 Å². The minimum absolute atomic E-state index is 0.0310. The summed E-state index contributed by atoms with van der Waals surface area (Å²) in [6, 6.07) is 12.7. The Morgan fingerprint density at radius 3 is 2.64 bits per heavy atom. The molecule has 0 saturated carbocycles. The van der Waals surface area contributed by atoms with E-state index >= 15 is 0 Å². The summed E-state index contributed by atoms with van der Waals surface area (Å²) in [6.07, 6.45) is 0.982. The summed E-state index contributed by atoms with van der Waals surface area (Å²) >= 11 is 0. The third-order valence-corrected chi connectivity index (χ3v) is 5.64. The highest BCUT2D eigenvalue weighted by atomic mass is 16.3. The summed E-state index contributed by atoms with van der Waals surface area (Å²) < 4.78 is 1.86. The van der Waals surface area contributed by atoms with Gasteiger partial charge in [-0.1, -0.05) is 18.2 Å². The van der Waals surface area contributed by atoms with Crippen LogP contribution in [0, 0.1) is 0 Å². The van der Waals surface area contributed by atoms with Gasteiger partial charge in [0.15, 0.2) is 0 Å². The number of H-pyrrole nitrogens is 1. The first kappa shape index (κ1) is 18.7. The first-order valence-electron chi connectivity index (χ1n) is 9.59. The predicted molar refractivity (Wildman–Crippen MR) is 106 cm³/mol. The van der Waals surface area contributed by atoms with Crippen molar-refractivity contribution in [2.75, 3.05) is 19.6 Å². The Kier molecular flexibility index (Phi) is 5.21. The van der Waals surface area contributed by atoms with Gasteiger partial charge in [-0.25, -0.2) is 4.79 Å². The highest BCUT2D eigenvalue weighted by Gasteiger charge is 2.25. The minimum atomic E-state index is -0.696. The number of nitrogens with one attached hydrogen (secondary N) is 1. The first-order valence-corrected chi connectivity index (χ1v) is 9.59. The molecule has 1 unspecified atom stereocenters. The zero-order valence-electron chi connectivity index (χ0n) is 15.6. The number of aliphatic hydroxyl groups excluding tert-OH is 2. The van der Waals surface area contributed by atoms with E-state index < -0.39 is 6.10 Å². The number of aromatic hydroxyl groups is 1. The van der Waals surface area contributed by atoms with Gasteiger partial charge in [-0.3, -0.25) is 4.57 Å². The number of aromatic amines is 1. The van der Waals surface area contributed by atoms with Gasteiger partial charge in [0.1, 0.15) is 5.75 Å². The number of aromatic nitrogens is 2. The molecule has 1 fully saturated rings. The second-order valence-corrected chi connectivity index (χ2v) is 7.41. The Labute approximate surface area is 162 Å². The van der Waals surface area contributed by atoms with Crippen molar-refractivity contribution in [1.29, 1.82) is 0 Å². The normalized spacial score (nSPS) is 17.2. The lowest BCUT2D eigenvalue weighted by Crippen LogP contribution is -2.39. The zero-order valence-corrected chi connectivity index (χ0v) is 15.6. The molecule has 2 aromatic carbocycles. The Morgan fingerprint density at radius 1 is 1.14 bits per heavy atom. The van der Waals surface area contributed by atoms with Gasteiger partial charge in [0.2, 0.25) is 0 Å². The SMILES string of the molecule is O=c1[nH]c2ccccc2n1C1CCN(CC(O)c2ccc(O)c(CO)c2)CC1. The van der Waals surface area contributed by atoms with Crippen molar-refractivity contribution in [2.24, 2.45) is 0 Å². The number of hydrogen-bond acceptors (Lipinski definition) is 5. The number of para-hydroxylation sites is 2. The van der Waals surface area contributed by atoms with Crippen molar-refractivity contribution < 1.29 is 15.3 Å². The molecule has 1 atom stereocenters. The van der Waals surface area contributed by atoms with Gasteiger partial charge < -0.3 is 25.2 Å². The summed E-state index contributed by atoms with van der Waals surface area (Å²) in [5.41, 5.74) is 2.81. The lowest BCUT2D eigenvalue weighted by Gasteiger charge is -2.33. The molecule has 4 N–H and O–H groups in total. The maximum absolute atomic E-state index is 12.4. The molecule has 4 rings (SSSR count). The van der Waals surface area contributed by atoms with Crippen LogP contribution < -0.4 is 5.69 Å². The lowest BCUT2D eigenvalue weighted by molar-refractivity contribution is 0.0905. The molecular weight excluding hydrogens is 358 g/mol. The van der Waals surface area contributed by atoms with Gasteiger partial charge in [0.25, 0.3) is 0 Å². The topological polar surface area (TPSA) is 102 Å². The van der Waals surface area contributed by atoms with Crippen molar-refractivity contribution >= 4 is 11.0 Å². The maximum atomic E-state index is 12.4. The van der Waals surface area contributed by atoms with E-state index in [-0.39, 0.29) is 24.1 Å². The van der Waals surface area contributed by atoms with Gasteiger partial charge in [0.05, 0.1) is 23.7 Å². The minimum Gasteiger partial charge on any atom is -0.508 e. The van der Waals surface area contributed by atoms with Crippen LogP contribution in [0.15, 0.2) is 47.3 Å². The number of nitrogens with zero attached hydrogens (tertiary/aromatic N) is 2. The second-order valence-electron chi connectivity index (χ2n) is 7.41. The van der Waals surface area contributed by atoms with Crippen molar-refractivity contribution in [3.8, 4) is 5.75 Å². The fourth-order valence-electron chi connectivity index (χ4n) is 4.09. The van der Waals surface area contributed by atoms with E-state index in [1.807, 2.05) is 28.8 Å². The predicted octanol–water partition coefficient (Wildman–Crippen LogP) is 1.90. The Hall–Kier alpha value is -2.61. The fourth-order valence-corrected chi connectivity index (χ4v) is 4.09. The maximum Gasteiger partial charge on any atom is 0.326 e. The van der Waals surface area contributed by atoms with Crippen LogP contribution in [0.1, 0.15) is 36.1 Å². The molecule has 148 valence electrons. The van der Waals surface area contributed by atoms with Crippen LogP contribution in [0.2, 0.25) is 0 Å². The third kappa shape index (κ3) is 3.56. The van der Waals surface area contributed by atoms with Crippen LogP contribution in [-0.2, 0) is 6.61 Å². The largest absolute Gasteiger partial charge is 0.508 e. The number of imidazole rings is 1. The standard InChI is InChI=1S/C21H25N3O4/c25-13-15-11-14(5-6-19(15)26)20(27)12-23-9-7-16(8-10-23)24-18-4-2-1-3-17(18)22-21(24)28/h1-6,11,16,20,25-27H,7-10,12-13H2,(H,22,28). The molecule has 7 nitrogen and oxygen atoms in total. The molecular formula is C21H25N3O4. The van der Waals surface area contributed by atoms with Crippen LogP contribution in [0.25, 0.3) is 11.0 Å². The summed E-state index contributed by atoms with van der Waals surface area (Å²) in [7, 11) is 0. The Balaban J connectivity index is 1.41. The monoisotopic (exact) mass is 383 g/mol. The van der Waals surface area contributed by atoms with Crippen molar-refractivity contribution in [2.45, 2.75) is 31.6 Å². The summed E-state index contributed by atoms with van der Waals surface area (Å²) in [6.45, 7) is 1.79. The molecule has 7 heteroatoms. The Morgan fingerprint density at radius 2 is 1.89 bits per heavy atom. The van der Waals surface area contributed by atoms with E-state index in [0.29, 0.717) is 17.7 Å². The molecule has 2 heterocycles. The zero-order chi connectivity index (χ0) is 19.7. The highest BCUT2D eigenvalue weighted by molar-refractivity contribution is 5.75. The summed E-state index contributed by atoms with van der Waals surface area (Å²) in [5, 5.41) is 29.5. The number of likely N-dealkylation sites (tertiary alicyclic amines) is 1. The van der Waals surface area contributed by atoms with Gasteiger partial charge in [-0.2, -0.15) is 0 Å². The number of piperidine rings is 1. The van der Waals surface area contributed by atoms with E-state index in [0.717, 1.165) is 37.0 Å². The molecule has 3 aromatic rings. The van der Waals surface area contributed by atoms with Crippen LogP contribution in [0.3, 0.4) is 0 Å². The molecule has 0 spiro atoms. The number of fused-ring (bicyclic) bond motifs is 1. The van der Waals surface area contributed by atoms with Crippen molar-refractivity contribution in [1.82, 2.24) is 14.5 Å². The summed E-state index contributed by atoms with van der Waals surface area (Å²) in [5.74, 6) is 0.0310. The van der Waals surface area contributed by atoms with E-state index in [9.17, 15) is 20.1 Å². The third-order valence-electron chi connectivity index (χ3n) is 5.64. The summed E-state index contributed by atoms with van der Waals surface area (Å²) in [4.78, 5) is 17.5. The molecule has 0 bridgehead atoms. The second kappa shape index (κ2) is 7.79. The molecule has 1 saturated heterocycles. The molecule has 28 heavy (non-hydrogen) atoms. The molecule has 0 radical (unpaired) electrons. The van der Waals surface area contributed by atoms with Crippen LogP contribution >= 0.6 is 0 Å². The number of benzene rings is 2. The molecule has 1 aliphatic rings. The van der Waals surface area contributed by atoms with Crippen LogP contribution in [0.4, 0.5) is 0 Å². The van der Waals surface area contributed by atoms with Crippen LogP contribution in [-0.4, -0.2) is 49.4 Å². The number of phenols is 1. The quantitative estimate of drug-likeness (QED) is 0.539. The number of hydrogen-bond donors (Lipinski definition) is 4. The van der Waals surface area contributed by atoms with Gasteiger partial charge in [-0.15, -0.1) is 0 Å². The highest BCUT2D eigenvalue weighted by Crippen LogP contribution is 2.27. The van der Waals surface area contributed by atoms with Gasteiger partial charge in [-0.05, 0) is 42.7 Å².